The highest BCUT2D eigenvalue weighted by Gasteiger charge is 2.24. The molecule has 0 aliphatic carbocycles. The summed E-state index contributed by atoms with van der Waals surface area (Å²) in [6.07, 6.45) is 3.31. The summed E-state index contributed by atoms with van der Waals surface area (Å²) in [6, 6.07) is 13.3. The summed E-state index contributed by atoms with van der Waals surface area (Å²) in [5.41, 5.74) is 3.52. The molecule has 0 spiro atoms. The summed E-state index contributed by atoms with van der Waals surface area (Å²) in [4.78, 5) is 8.44. The first-order chi connectivity index (χ1) is 13.3. The largest absolute Gasteiger partial charge is 0.365 e. The van der Waals surface area contributed by atoms with Gasteiger partial charge >= 0.3 is 0 Å². The van der Waals surface area contributed by atoms with Gasteiger partial charge in [0.15, 0.2) is 5.69 Å². The van der Waals surface area contributed by atoms with E-state index >= 15 is 0 Å². The highest BCUT2D eigenvalue weighted by atomic mass is 35.5. The van der Waals surface area contributed by atoms with Gasteiger partial charge in [0, 0.05) is 23.0 Å². The molecular formula is C19H14ClN5O2. The molecule has 4 heterocycles. The van der Waals surface area contributed by atoms with Gasteiger partial charge < -0.3 is 9.26 Å². The second-order valence-corrected chi connectivity index (χ2v) is 6.65. The minimum atomic E-state index is -0.0717. The second kappa shape index (κ2) is 6.61. The lowest BCUT2D eigenvalue weighted by molar-refractivity contribution is -0.00112. The third kappa shape index (κ3) is 3.11. The number of rotatable bonds is 3. The first-order valence-corrected chi connectivity index (χ1v) is 8.82. The van der Waals surface area contributed by atoms with E-state index in [4.69, 9.17) is 20.9 Å². The number of ether oxygens (including phenoxy) is 1. The third-order valence-electron chi connectivity index (χ3n) is 4.46. The molecule has 1 atom stereocenters. The van der Waals surface area contributed by atoms with Crippen molar-refractivity contribution in [2.75, 3.05) is 0 Å². The van der Waals surface area contributed by atoms with Gasteiger partial charge in [-0.25, -0.2) is 0 Å². The molecule has 5 rings (SSSR count). The van der Waals surface area contributed by atoms with Crippen LogP contribution in [0.3, 0.4) is 0 Å². The highest BCUT2D eigenvalue weighted by molar-refractivity contribution is 6.30. The summed E-state index contributed by atoms with van der Waals surface area (Å²) < 4.78 is 13.3. The minimum absolute atomic E-state index is 0.0717. The van der Waals surface area contributed by atoms with Gasteiger partial charge in [0.25, 0.3) is 5.89 Å². The molecule has 0 bridgehead atoms. The fourth-order valence-electron chi connectivity index (χ4n) is 3.05. The summed E-state index contributed by atoms with van der Waals surface area (Å²) in [7, 11) is 0. The Morgan fingerprint density at radius 3 is 2.70 bits per heavy atom. The van der Waals surface area contributed by atoms with Crippen LogP contribution < -0.4 is 0 Å². The maximum absolute atomic E-state index is 5.98. The molecule has 0 saturated carbocycles. The SMILES string of the molecule is Clc1ccc(C2Cn3nc(-c4nc(-c5ccncc5)no4)cc3CO2)cc1. The lowest BCUT2D eigenvalue weighted by Crippen LogP contribution is -2.21. The first-order valence-electron chi connectivity index (χ1n) is 8.44. The molecule has 1 aliphatic heterocycles. The zero-order valence-electron chi connectivity index (χ0n) is 14.1. The smallest absolute Gasteiger partial charge is 0.278 e. The molecule has 8 heteroatoms. The normalized spacial score (nSPS) is 16.3. The quantitative estimate of drug-likeness (QED) is 0.536. The van der Waals surface area contributed by atoms with E-state index in [1.54, 1.807) is 12.4 Å². The predicted molar refractivity (Wildman–Crippen MR) is 97.7 cm³/mol. The van der Waals surface area contributed by atoms with Crippen LogP contribution in [0, 0.1) is 0 Å². The van der Waals surface area contributed by atoms with Crippen molar-refractivity contribution in [3.63, 3.8) is 0 Å². The Labute approximate surface area is 159 Å². The average Bonchev–Trinajstić information content (AvgIpc) is 3.36. The number of hydrogen-bond acceptors (Lipinski definition) is 6. The van der Waals surface area contributed by atoms with Gasteiger partial charge in [0.2, 0.25) is 5.82 Å². The van der Waals surface area contributed by atoms with Gasteiger partial charge in [-0.15, -0.1) is 0 Å². The lowest BCUT2D eigenvalue weighted by Gasteiger charge is -2.24. The summed E-state index contributed by atoms with van der Waals surface area (Å²) in [5.74, 6) is 0.889. The molecule has 134 valence electrons. The van der Waals surface area contributed by atoms with Crippen molar-refractivity contribution in [1.29, 1.82) is 0 Å². The van der Waals surface area contributed by atoms with E-state index in [1.165, 1.54) is 0 Å². The molecule has 0 radical (unpaired) electrons. The van der Waals surface area contributed by atoms with E-state index in [2.05, 4.69) is 20.2 Å². The molecule has 0 saturated heterocycles. The van der Waals surface area contributed by atoms with Crippen molar-refractivity contribution in [2.24, 2.45) is 0 Å². The topological polar surface area (TPSA) is 78.9 Å². The van der Waals surface area contributed by atoms with Crippen LogP contribution in [0.15, 0.2) is 59.4 Å². The first kappa shape index (κ1) is 16.2. The van der Waals surface area contributed by atoms with E-state index in [1.807, 2.05) is 47.1 Å². The molecule has 1 aliphatic rings. The van der Waals surface area contributed by atoms with Crippen LogP contribution in [0.2, 0.25) is 5.02 Å². The molecule has 0 fully saturated rings. The molecule has 0 N–H and O–H groups in total. The molecule has 3 aromatic heterocycles. The van der Waals surface area contributed by atoms with Crippen LogP contribution in [0.1, 0.15) is 17.4 Å². The van der Waals surface area contributed by atoms with Crippen molar-refractivity contribution in [1.82, 2.24) is 24.9 Å². The number of aromatic nitrogens is 5. The number of hydrogen-bond donors (Lipinski definition) is 0. The van der Waals surface area contributed by atoms with E-state index in [0.717, 1.165) is 16.8 Å². The van der Waals surface area contributed by atoms with Crippen molar-refractivity contribution in [2.45, 2.75) is 19.3 Å². The Morgan fingerprint density at radius 1 is 1.07 bits per heavy atom. The Morgan fingerprint density at radius 2 is 1.89 bits per heavy atom. The number of benzene rings is 1. The van der Waals surface area contributed by atoms with Gasteiger partial charge in [-0.3, -0.25) is 9.67 Å². The summed E-state index contributed by atoms with van der Waals surface area (Å²) in [5, 5.41) is 9.36. The zero-order chi connectivity index (χ0) is 18.2. The lowest BCUT2D eigenvalue weighted by atomic mass is 10.1. The Hall–Kier alpha value is -3.03. The van der Waals surface area contributed by atoms with Gasteiger partial charge in [0.1, 0.15) is 6.10 Å². The molecule has 4 aromatic rings. The van der Waals surface area contributed by atoms with Crippen molar-refractivity contribution < 1.29 is 9.26 Å². The van der Waals surface area contributed by atoms with Gasteiger partial charge in [-0.1, -0.05) is 28.9 Å². The van der Waals surface area contributed by atoms with Crippen molar-refractivity contribution in [3.05, 3.63) is 71.1 Å². The van der Waals surface area contributed by atoms with E-state index in [-0.39, 0.29) is 6.10 Å². The molecule has 7 nitrogen and oxygen atoms in total. The second-order valence-electron chi connectivity index (χ2n) is 6.21. The highest BCUT2D eigenvalue weighted by Crippen LogP contribution is 2.29. The maximum atomic E-state index is 5.98. The van der Waals surface area contributed by atoms with E-state index in [9.17, 15) is 0 Å². The van der Waals surface area contributed by atoms with Gasteiger partial charge in [-0.05, 0) is 35.9 Å². The van der Waals surface area contributed by atoms with Crippen LogP contribution in [0.5, 0.6) is 0 Å². The van der Waals surface area contributed by atoms with Crippen LogP contribution >= 0.6 is 11.6 Å². The van der Waals surface area contributed by atoms with Crippen molar-refractivity contribution in [3.8, 4) is 23.0 Å². The molecule has 27 heavy (non-hydrogen) atoms. The molecular weight excluding hydrogens is 366 g/mol. The standard InChI is InChI=1S/C19H14ClN5O2/c20-14-3-1-12(2-4-14)17-10-25-15(11-26-17)9-16(23-25)19-22-18(24-27-19)13-5-7-21-8-6-13/h1-9,17H,10-11H2. The third-order valence-corrected chi connectivity index (χ3v) is 4.71. The molecule has 1 aromatic carbocycles. The van der Waals surface area contributed by atoms with Crippen LogP contribution in [-0.2, 0) is 17.9 Å². The fourth-order valence-corrected chi connectivity index (χ4v) is 3.18. The van der Waals surface area contributed by atoms with Crippen LogP contribution in [0.25, 0.3) is 23.0 Å². The molecule has 1 unspecified atom stereocenters. The average molecular weight is 380 g/mol. The van der Waals surface area contributed by atoms with Crippen LogP contribution in [0.4, 0.5) is 0 Å². The van der Waals surface area contributed by atoms with E-state index in [0.29, 0.717) is 35.6 Å². The fraction of sp³-hybridized carbons (Fsp3) is 0.158. The number of pyridine rings is 1. The Kier molecular flexibility index (Phi) is 3.95. The van der Waals surface area contributed by atoms with E-state index < -0.39 is 0 Å². The number of fused-ring (bicyclic) bond motifs is 1. The van der Waals surface area contributed by atoms with Crippen molar-refractivity contribution >= 4 is 11.6 Å². The summed E-state index contributed by atoms with van der Waals surface area (Å²) in [6.45, 7) is 1.08. The Balaban J connectivity index is 1.40. The zero-order valence-corrected chi connectivity index (χ0v) is 14.9. The van der Waals surface area contributed by atoms with Crippen LogP contribution in [-0.4, -0.2) is 24.9 Å². The maximum Gasteiger partial charge on any atom is 0.278 e. The van der Waals surface area contributed by atoms with Gasteiger partial charge in [-0.2, -0.15) is 10.1 Å². The van der Waals surface area contributed by atoms with Gasteiger partial charge in [0.05, 0.1) is 18.8 Å². The summed E-state index contributed by atoms with van der Waals surface area (Å²) >= 11 is 5.96. The minimum Gasteiger partial charge on any atom is -0.365 e. The number of nitrogens with zero attached hydrogens (tertiary/aromatic N) is 5. The Bertz CT molecular complexity index is 1080. The predicted octanol–water partition coefficient (Wildman–Crippen LogP) is 3.92. The monoisotopic (exact) mass is 379 g/mol. The number of halogens is 1. The molecule has 0 amide bonds.